The van der Waals surface area contributed by atoms with Gasteiger partial charge in [-0.3, -0.25) is 0 Å². The molecule has 106 valence electrons. The van der Waals surface area contributed by atoms with Gasteiger partial charge in [-0.25, -0.2) is 4.79 Å². The Bertz CT molecular complexity index is 682. The van der Waals surface area contributed by atoms with Crippen molar-refractivity contribution >= 4 is 5.97 Å². The molecule has 2 heteroatoms. The van der Waals surface area contributed by atoms with Crippen LogP contribution in [0.15, 0.2) is 60.7 Å². The summed E-state index contributed by atoms with van der Waals surface area (Å²) in [4.78, 5) is 12.1. The van der Waals surface area contributed by atoms with Crippen LogP contribution < -0.4 is 0 Å². The molecule has 1 aliphatic carbocycles. The van der Waals surface area contributed by atoms with Crippen molar-refractivity contribution in [2.45, 2.75) is 25.9 Å². The molecule has 0 aliphatic heterocycles. The van der Waals surface area contributed by atoms with Crippen LogP contribution in [0.4, 0.5) is 0 Å². The molecule has 0 spiro atoms. The molecule has 2 nitrogen and oxygen atoms in total. The lowest BCUT2D eigenvalue weighted by Crippen LogP contribution is -2.35. The molecular formula is C19H18O2. The zero-order valence-electron chi connectivity index (χ0n) is 12.3. The summed E-state index contributed by atoms with van der Waals surface area (Å²) in [6, 6.07) is 16.3. The van der Waals surface area contributed by atoms with Crippen LogP contribution in [0.3, 0.4) is 0 Å². The van der Waals surface area contributed by atoms with E-state index in [1.54, 1.807) is 6.92 Å². The number of rotatable bonds is 2. The molecule has 0 fully saturated rings. The van der Waals surface area contributed by atoms with Crippen molar-refractivity contribution in [1.29, 1.82) is 0 Å². The van der Waals surface area contributed by atoms with Gasteiger partial charge in [0.05, 0.1) is 0 Å². The van der Waals surface area contributed by atoms with E-state index in [9.17, 15) is 4.79 Å². The Morgan fingerprint density at radius 3 is 2.00 bits per heavy atom. The van der Waals surface area contributed by atoms with Crippen LogP contribution in [-0.2, 0) is 21.6 Å². The van der Waals surface area contributed by atoms with E-state index in [0.717, 1.165) is 17.5 Å². The first kappa shape index (κ1) is 13.6. The number of ether oxygens (including phenoxy) is 1. The molecule has 0 N–H and O–H groups in total. The summed E-state index contributed by atoms with van der Waals surface area (Å²) in [7, 11) is 0. The lowest BCUT2D eigenvalue weighted by molar-refractivity contribution is -0.150. The number of fused-ring (bicyclic) bond motifs is 2. The van der Waals surface area contributed by atoms with Crippen LogP contribution in [0.2, 0.25) is 0 Å². The van der Waals surface area contributed by atoms with Crippen LogP contribution >= 0.6 is 0 Å². The Morgan fingerprint density at radius 1 is 1.05 bits per heavy atom. The minimum Gasteiger partial charge on any atom is -0.446 e. The molecule has 21 heavy (non-hydrogen) atoms. The van der Waals surface area contributed by atoms with Crippen LogP contribution in [0.1, 0.15) is 36.1 Å². The van der Waals surface area contributed by atoms with Gasteiger partial charge in [0.2, 0.25) is 0 Å². The summed E-state index contributed by atoms with van der Waals surface area (Å²) < 4.78 is 5.85. The largest absolute Gasteiger partial charge is 0.446 e. The van der Waals surface area contributed by atoms with Crippen LogP contribution in [0.25, 0.3) is 0 Å². The minimum absolute atomic E-state index is 0.357. The van der Waals surface area contributed by atoms with Gasteiger partial charge in [-0.2, -0.15) is 0 Å². The molecule has 0 amide bonds. The van der Waals surface area contributed by atoms with E-state index in [2.05, 4.69) is 18.7 Å². The summed E-state index contributed by atoms with van der Waals surface area (Å²) >= 11 is 0. The lowest BCUT2D eigenvalue weighted by Gasteiger charge is -2.37. The molecule has 3 rings (SSSR count). The molecule has 0 saturated heterocycles. The Hall–Kier alpha value is -2.35. The molecule has 2 aromatic rings. The standard InChI is InChI=1S/C19H18O2/c1-13(2)18(20)21-19(3)16-10-6-4-8-14(16)12-15-9-5-7-11-17(15)19/h4-11H,1,12H2,2-3H3. The zero-order valence-corrected chi connectivity index (χ0v) is 12.3. The number of carbonyl (C=O) groups excluding carboxylic acids is 1. The second-order valence-electron chi connectivity index (χ2n) is 5.69. The number of carbonyl (C=O) groups is 1. The van der Waals surface area contributed by atoms with E-state index < -0.39 is 5.60 Å². The Labute approximate surface area is 125 Å². The summed E-state index contributed by atoms with van der Waals surface area (Å²) in [5.74, 6) is -0.357. The smallest absolute Gasteiger partial charge is 0.334 e. The van der Waals surface area contributed by atoms with Gasteiger partial charge in [-0.1, -0.05) is 55.1 Å². The molecule has 2 aromatic carbocycles. The average molecular weight is 278 g/mol. The highest BCUT2D eigenvalue weighted by Gasteiger charge is 2.39. The predicted octanol–water partition coefficient (Wildman–Crippen LogP) is 3.97. The number of esters is 1. The molecule has 0 radical (unpaired) electrons. The fourth-order valence-corrected chi connectivity index (χ4v) is 3.01. The van der Waals surface area contributed by atoms with Crippen LogP contribution in [-0.4, -0.2) is 5.97 Å². The molecule has 1 aliphatic rings. The summed E-state index contributed by atoms with van der Waals surface area (Å²) in [5.41, 5.74) is 4.16. The first-order chi connectivity index (χ1) is 10.0. The van der Waals surface area contributed by atoms with Gasteiger partial charge in [0.25, 0.3) is 0 Å². The fourth-order valence-electron chi connectivity index (χ4n) is 3.01. The van der Waals surface area contributed by atoms with Crippen molar-refractivity contribution in [1.82, 2.24) is 0 Å². The van der Waals surface area contributed by atoms with Gasteiger partial charge in [0, 0.05) is 16.7 Å². The second kappa shape index (κ2) is 4.88. The number of benzene rings is 2. The summed E-state index contributed by atoms with van der Waals surface area (Å²) in [6.45, 7) is 7.32. The monoisotopic (exact) mass is 278 g/mol. The maximum absolute atomic E-state index is 12.1. The highest BCUT2D eigenvalue weighted by atomic mass is 16.6. The van der Waals surface area contributed by atoms with Crippen molar-refractivity contribution in [2.24, 2.45) is 0 Å². The second-order valence-corrected chi connectivity index (χ2v) is 5.69. The van der Waals surface area contributed by atoms with Gasteiger partial charge in [0.15, 0.2) is 5.60 Å². The quantitative estimate of drug-likeness (QED) is 0.613. The maximum atomic E-state index is 12.1. The highest BCUT2D eigenvalue weighted by molar-refractivity contribution is 5.87. The molecule has 0 saturated carbocycles. The summed E-state index contributed by atoms with van der Waals surface area (Å²) in [6.07, 6.45) is 0.868. The van der Waals surface area contributed by atoms with Crippen molar-refractivity contribution in [3.8, 4) is 0 Å². The van der Waals surface area contributed by atoms with Gasteiger partial charge >= 0.3 is 5.97 Å². The Morgan fingerprint density at radius 2 is 1.52 bits per heavy atom. The van der Waals surface area contributed by atoms with E-state index in [0.29, 0.717) is 5.57 Å². The maximum Gasteiger partial charge on any atom is 0.334 e. The third-order valence-corrected chi connectivity index (χ3v) is 4.09. The van der Waals surface area contributed by atoms with Crippen molar-refractivity contribution in [3.05, 3.63) is 82.9 Å². The summed E-state index contributed by atoms with van der Waals surface area (Å²) in [5, 5.41) is 0. The molecule has 0 aromatic heterocycles. The first-order valence-electron chi connectivity index (χ1n) is 7.08. The van der Waals surface area contributed by atoms with Gasteiger partial charge in [-0.05, 0) is 31.4 Å². The van der Waals surface area contributed by atoms with Crippen LogP contribution in [0, 0.1) is 0 Å². The van der Waals surface area contributed by atoms with E-state index in [1.807, 2.05) is 43.3 Å². The van der Waals surface area contributed by atoms with Gasteiger partial charge in [-0.15, -0.1) is 0 Å². The van der Waals surface area contributed by atoms with Crippen molar-refractivity contribution in [3.63, 3.8) is 0 Å². The molecular weight excluding hydrogens is 260 g/mol. The Kier molecular flexibility index (Phi) is 3.17. The lowest BCUT2D eigenvalue weighted by atomic mass is 9.75. The normalized spacial score (nSPS) is 14.8. The van der Waals surface area contributed by atoms with E-state index in [4.69, 9.17) is 4.74 Å². The topological polar surface area (TPSA) is 26.3 Å². The predicted molar refractivity (Wildman–Crippen MR) is 83.1 cm³/mol. The van der Waals surface area contributed by atoms with Crippen LogP contribution in [0.5, 0.6) is 0 Å². The number of hydrogen-bond acceptors (Lipinski definition) is 2. The molecule has 0 bridgehead atoms. The highest BCUT2D eigenvalue weighted by Crippen LogP contribution is 2.42. The third-order valence-electron chi connectivity index (χ3n) is 4.09. The zero-order chi connectivity index (χ0) is 15.0. The van der Waals surface area contributed by atoms with Crippen molar-refractivity contribution < 1.29 is 9.53 Å². The molecule has 0 atom stereocenters. The van der Waals surface area contributed by atoms with E-state index in [-0.39, 0.29) is 5.97 Å². The minimum atomic E-state index is -0.762. The SMILES string of the molecule is C=C(C)C(=O)OC1(C)c2ccccc2Cc2ccccc21. The molecule has 0 unspecified atom stereocenters. The molecule has 0 heterocycles. The first-order valence-corrected chi connectivity index (χ1v) is 7.08. The van der Waals surface area contributed by atoms with Gasteiger partial charge in [0.1, 0.15) is 0 Å². The van der Waals surface area contributed by atoms with E-state index >= 15 is 0 Å². The van der Waals surface area contributed by atoms with Gasteiger partial charge < -0.3 is 4.74 Å². The van der Waals surface area contributed by atoms with E-state index in [1.165, 1.54) is 11.1 Å². The number of hydrogen-bond donors (Lipinski definition) is 0. The Balaban J connectivity index is 2.18. The fraction of sp³-hybridized carbons (Fsp3) is 0.211. The van der Waals surface area contributed by atoms with Crippen molar-refractivity contribution in [2.75, 3.05) is 0 Å². The third kappa shape index (κ3) is 2.17. The average Bonchev–Trinajstić information content (AvgIpc) is 2.47.